The lowest BCUT2D eigenvalue weighted by Crippen LogP contribution is -2.55. The summed E-state index contributed by atoms with van der Waals surface area (Å²) < 4.78 is 33.5. The first-order chi connectivity index (χ1) is 29.6. The molecule has 15 nitrogen and oxygen atoms in total. The number of ether oxygens (including phenoxy) is 6. The van der Waals surface area contributed by atoms with Gasteiger partial charge in [-0.25, -0.2) is 4.79 Å². The zero-order valence-corrected chi connectivity index (χ0v) is 39.8. The molecule has 2 N–H and O–H groups in total. The minimum absolute atomic E-state index is 0.00122. The maximum Gasteiger partial charge on any atom is 0.329 e. The lowest BCUT2D eigenvalue weighted by molar-refractivity contribution is -0.151. The summed E-state index contributed by atoms with van der Waals surface area (Å²) in [5, 5.41) is 6.03. The zero-order chi connectivity index (χ0) is 46.4. The normalized spacial score (nSPS) is 18.1. The van der Waals surface area contributed by atoms with E-state index in [2.05, 4.69) is 10.6 Å². The summed E-state index contributed by atoms with van der Waals surface area (Å²) in [6.45, 7) is 16.0. The molecule has 2 rings (SSSR count). The van der Waals surface area contributed by atoms with Crippen LogP contribution in [0.1, 0.15) is 86.1 Å². The van der Waals surface area contributed by atoms with Crippen LogP contribution in [0.5, 0.6) is 0 Å². The van der Waals surface area contributed by atoms with E-state index in [0.29, 0.717) is 45.8 Å². The molecule has 9 atom stereocenters. The number of Topliss-reactive ketones (excluding diaryl/α,β-unsaturated/α-hetero) is 1. The van der Waals surface area contributed by atoms with Gasteiger partial charge in [-0.2, -0.15) is 0 Å². The SMILES string of the molecule is CC[C@H](C)[C@@H]([C@@H](CC(=O)N1CCC[C@H]1[C@H](OC)[C@@H](C)C(=O)N[C@@H](Cc1ccccc1)C(=O)OCCOCCOCCOC)OC)N(C)C(=O)[C@@H](CC(=O)[C@@H](NC)C(C)C)C(C)C. The Morgan fingerprint density at radius 2 is 1.47 bits per heavy atom. The number of esters is 1. The summed E-state index contributed by atoms with van der Waals surface area (Å²) in [6.07, 6.45) is 1.09. The van der Waals surface area contributed by atoms with Crippen LogP contribution < -0.4 is 10.6 Å². The number of likely N-dealkylation sites (tertiary alicyclic amines) is 1. The van der Waals surface area contributed by atoms with Crippen LogP contribution in [0.15, 0.2) is 30.3 Å². The summed E-state index contributed by atoms with van der Waals surface area (Å²) in [5.41, 5.74) is 0.847. The number of hydrogen-bond acceptors (Lipinski definition) is 12. The van der Waals surface area contributed by atoms with Crippen LogP contribution in [0.25, 0.3) is 0 Å². The Labute approximate surface area is 371 Å². The minimum atomic E-state index is -0.975. The average molecular weight is 877 g/mol. The second-order valence-electron chi connectivity index (χ2n) is 17.3. The maximum atomic E-state index is 14.4. The van der Waals surface area contributed by atoms with Gasteiger partial charge in [0, 0.05) is 53.7 Å². The van der Waals surface area contributed by atoms with Gasteiger partial charge in [-0.3, -0.25) is 19.2 Å². The molecule has 1 aliphatic heterocycles. The van der Waals surface area contributed by atoms with Gasteiger partial charge in [0.25, 0.3) is 0 Å². The van der Waals surface area contributed by atoms with E-state index in [1.807, 2.05) is 71.9 Å². The van der Waals surface area contributed by atoms with E-state index in [9.17, 15) is 24.0 Å². The minimum Gasteiger partial charge on any atom is -0.462 e. The van der Waals surface area contributed by atoms with Gasteiger partial charge in [-0.05, 0) is 43.2 Å². The summed E-state index contributed by atoms with van der Waals surface area (Å²) in [6, 6.07) is 7.18. The van der Waals surface area contributed by atoms with E-state index in [1.54, 1.807) is 45.0 Å². The average Bonchev–Trinajstić information content (AvgIpc) is 3.74. The standard InChI is InChI=1S/C47H80N4O11/c1-13-33(6)43(50(9)46(55)36(31(2)3)29-39(52)42(48-8)32(4)5)40(58-11)30-41(53)51-21-17-20-38(51)44(59-12)34(7)45(54)49-37(28-35-18-15-14-16-19-35)47(56)62-27-26-61-25-24-60-23-22-57-10/h14-16,18-19,31-34,36-38,40,42-44,48H,13,17,20-30H2,1-12H3,(H,49,54)/t33-,34+,36-,37-,38-,40+,42-,43-,44+/m0/s1. The van der Waals surface area contributed by atoms with Crippen LogP contribution >= 0.6 is 0 Å². The molecule has 1 aliphatic rings. The molecule has 1 heterocycles. The monoisotopic (exact) mass is 877 g/mol. The Morgan fingerprint density at radius 1 is 0.839 bits per heavy atom. The highest BCUT2D eigenvalue weighted by Gasteiger charge is 2.43. The summed E-state index contributed by atoms with van der Waals surface area (Å²) in [7, 11) is 8.21. The number of carbonyl (C=O) groups excluding carboxylic acids is 5. The number of methoxy groups -OCH3 is 3. The van der Waals surface area contributed by atoms with Crippen LogP contribution in [-0.2, 0) is 58.8 Å². The molecule has 15 heteroatoms. The zero-order valence-electron chi connectivity index (χ0n) is 39.8. The summed E-state index contributed by atoms with van der Waals surface area (Å²) in [5.74, 6) is -2.61. The fraction of sp³-hybridized carbons (Fsp3) is 0.766. The van der Waals surface area contributed by atoms with Crippen molar-refractivity contribution in [1.82, 2.24) is 20.4 Å². The van der Waals surface area contributed by atoms with Crippen molar-refractivity contribution in [2.75, 3.05) is 81.6 Å². The molecule has 62 heavy (non-hydrogen) atoms. The number of ketones is 1. The molecule has 0 spiro atoms. The predicted octanol–water partition coefficient (Wildman–Crippen LogP) is 4.33. The van der Waals surface area contributed by atoms with E-state index in [1.165, 1.54) is 7.11 Å². The molecule has 1 aromatic carbocycles. The highest BCUT2D eigenvalue weighted by molar-refractivity contribution is 5.90. The predicted molar refractivity (Wildman–Crippen MR) is 238 cm³/mol. The number of likely N-dealkylation sites (N-methyl/N-ethyl adjacent to an activating group) is 2. The molecule has 0 aromatic heterocycles. The van der Waals surface area contributed by atoms with E-state index < -0.39 is 54.0 Å². The maximum absolute atomic E-state index is 14.4. The molecule has 3 amide bonds. The molecule has 1 saturated heterocycles. The molecule has 1 fully saturated rings. The van der Waals surface area contributed by atoms with Gasteiger partial charge in [0.2, 0.25) is 17.7 Å². The van der Waals surface area contributed by atoms with E-state index in [4.69, 9.17) is 28.4 Å². The van der Waals surface area contributed by atoms with E-state index >= 15 is 0 Å². The molecule has 1 aromatic rings. The van der Waals surface area contributed by atoms with Crippen LogP contribution in [-0.4, -0.2) is 157 Å². The Hall–Kier alpha value is -3.47. The third kappa shape index (κ3) is 16.9. The fourth-order valence-corrected chi connectivity index (χ4v) is 8.50. The highest BCUT2D eigenvalue weighted by atomic mass is 16.6. The Kier molecular flexibility index (Phi) is 25.6. The lowest BCUT2D eigenvalue weighted by atomic mass is 9.84. The molecule has 0 radical (unpaired) electrons. The second-order valence-corrected chi connectivity index (χ2v) is 17.3. The number of benzene rings is 1. The largest absolute Gasteiger partial charge is 0.462 e. The van der Waals surface area contributed by atoms with E-state index in [-0.39, 0.29) is 73.9 Å². The molecule has 0 bridgehead atoms. The quantitative estimate of drug-likeness (QED) is 0.0801. The topological polar surface area (TPSA) is 171 Å². The van der Waals surface area contributed by atoms with Crippen molar-refractivity contribution in [2.45, 2.75) is 123 Å². The van der Waals surface area contributed by atoms with Crippen molar-refractivity contribution in [3.05, 3.63) is 35.9 Å². The third-order valence-electron chi connectivity index (χ3n) is 12.3. The van der Waals surface area contributed by atoms with Crippen LogP contribution in [0, 0.1) is 29.6 Å². The summed E-state index contributed by atoms with van der Waals surface area (Å²) >= 11 is 0. The van der Waals surface area contributed by atoms with E-state index in [0.717, 1.165) is 12.0 Å². The smallest absolute Gasteiger partial charge is 0.329 e. The van der Waals surface area contributed by atoms with Crippen molar-refractivity contribution in [3.63, 3.8) is 0 Å². The Bertz CT molecular complexity index is 1480. The number of amides is 3. The first kappa shape index (κ1) is 54.7. The third-order valence-corrected chi connectivity index (χ3v) is 12.3. The number of rotatable bonds is 31. The number of nitrogens with one attached hydrogen (secondary N) is 2. The molecule has 354 valence electrons. The fourth-order valence-electron chi connectivity index (χ4n) is 8.50. The number of hydrogen-bond donors (Lipinski definition) is 2. The number of carbonyl (C=O) groups is 5. The first-order valence-corrected chi connectivity index (χ1v) is 22.5. The van der Waals surface area contributed by atoms with Gasteiger partial charge in [-0.15, -0.1) is 0 Å². The van der Waals surface area contributed by atoms with Crippen LogP contribution in [0.3, 0.4) is 0 Å². The van der Waals surface area contributed by atoms with Gasteiger partial charge in [0.1, 0.15) is 12.6 Å². The first-order valence-electron chi connectivity index (χ1n) is 22.5. The van der Waals surface area contributed by atoms with Crippen molar-refractivity contribution in [2.24, 2.45) is 29.6 Å². The Morgan fingerprint density at radius 3 is 2.02 bits per heavy atom. The molecular formula is C47H80N4O11. The highest BCUT2D eigenvalue weighted by Crippen LogP contribution is 2.31. The van der Waals surface area contributed by atoms with Crippen LogP contribution in [0.4, 0.5) is 0 Å². The van der Waals surface area contributed by atoms with Gasteiger partial charge in [0.05, 0.1) is 75.7 Å². The van der Waals surface area contributed by atoms with Crippen molar-refractivity contribution >= 4 is 29.5 Å². The van der Waals surface area contributed by atoms with Gasteiger partial charge < -0.3 is 48.9 Å². The van der Waals surface area contributed by atoms with Crippen LogP contribution in [0.2, 0.25) is 0 Å². The number of nitrogens with zero attached hydrogens (tertiary/aromatic N) is 2. The second kappa shape index (κ2) is 29.1. The molecule has 0 saturated carbocycles. The Balaban J connectivity index is 2.22. The summed E-state index contributed by atoms with van der Waals surface area (Å²) in [4.78, 5) is 72.9. The molecule has 0 unspecified atom stereocenters. The van der Waals surface area contributed by atoms with Crippen molar-refractivity contribution < 1.29 is 52.4 Å². The molecule has 0 aliphatic carbocycles. The van der Waals surface area contributed by atoms with Crippen molar-refractivity contribution in [1.29, 1.82) is 0 Å². The van der Waals surface area contributed by atoms with Crippen molar-refractivity contribution in [3.8, 4) is 0 Å². The molecular weight excluding hydrogens is 797 g/mol. The van der Waals surface area contributed by atoms with Gasteiger partial charge in [0.15, 0.2) is 5.78 Å². The lowest BCUT2D eigenvalue weighted by Gasteiger charge is -2.41. The van der Waals surface area contributed by atoms with Gasteiger partial charge in [-0.1, -0.05) is 85.2 Å². The van der Waals surface area contributed by atoms with Gasteiger partial charge >= 0.3 is 5.97 Å².